The summed E-state index contributed by atoms with van der Waals surface area (Å²) in [6, 6.07) is 3.87. The van der Waals surface area contributed by atoms with Gasteiger partial charge in [-0.1, -0.05) is 6.92 Å². The molecule has 0 aliphatic rings. The summed E-state index contributed by atoms with van der Waals surface area (Å²) in [6.45, 7) is 5.07. The van der Waals surface area contributed by atoms with Gasteiger partial charge in [-0.05, 0) is 25.7 Å². The van der Waals surface area contributed by atoms with E-state index < -0.39 is 0 Å². The van der Waals surface area contributed by atoms with Crippen molar-refractivity contribution in [2.45, 2.75) is 6.92 Å². The molecule has 0 unspecified atom stereocenters. The lowest BCUT2D eigenvalue weighted by molar-refractivity contribution is 0.367. The highest BCUT2D eigenvalue weighted by Gasteiger charge is 1.99. The van der Waals surface area contributed by atoms with Gasteiger partial charge in [0.15, 0.2) is 5.65 Å². The number of nitrogens with zero attached hydrogens (tertiary/aromatic N) is 4. The molecule has 1 N–H and O–H groups in total. The molecule has 0 spiro atoms. The van der Waals surface area contributed by atoms with Crippen molar-refractivity contribution < 1.29 is 0 Å². The van der Waals surface area contributed by atoms with Crippen molar-refractivity contribution in [1.29, 1.82) is 0 Å². The van der Waals surface area contributed by atoms with Crippen LogP contribution in [0, 0.1) is 0 Å². The molecule has 0 saturated heterocycles. The zero-order valence-electron chi connectivity index (χ0n) is 10.2. The van der Waals surface area contributed by atoms with Crippen LogP contribution in [0.2, 0.25) is 0 Å². The lowest BCUT2D eigenvalue weighted by Crippen LogP contribution is -2.24. The van der Waals surface area contributed by atoms with Crippen molar-refractivity contribution in [1.82, 2.24) is 19.9 Å². The van der Waals surface area contributed by atoms with Gasteiger partial charge in [0, 0.05) is 25.5 Å². The second-order valence-electron chi connectivity index (χ2n) is 3.92. The van der Waals surface area contributed by atoms with Gasteiger partial charge in [0.2, 0.25) is 0 Å². The monoisotopic (exact) mass is 231 g/mol. The van der Waals surface area contributed by atoms with Gasteiger partial charge in [-0.2, -0.15) is 0 Å². The zero-order valence-corrected chi connectivity index (χ0v) is 10.2. The number of hydrogen-bond acceptors (Lipinski definition) is 5. The van der Waals surface area contributed by atoms with Gasteiger partial charge in [-0.3, -0.25) is 4.98 Å². The van der Waals surface area contributed by atoms with Crippen LogP contribution in [0.5, 0.6) is 0 Å². The van der Waals surface area contributed by atoms with Crippen LogP contribution in [0.3, 0.4) is 0 Å². The van der Waals surface area contributed by atoms with Crippen molar-refractivity contribution in [3.8, 4) is 0 Å². The van der Waals surface area contributed by atoms with Crippen molar-refractivity contribution in [3.05, 3.63) is 24.5 Å². The van der Waals surface area contributed by atoms with E-state index in [1.807, 2.05) is 12.1 Å². The van der Waals surface area contributed by atoms with Crippen LogP contribution in [0.1, 0.15) is 6.92 Å². The van der Waals surface area contributed by atoms with Crippen LogP contribution in [0.15, 0.2) is 24.5 Å². The molecule has 2 rings (SSSR count). The molecule has 0 atom stereocenters. The Morgan fingerprint density at radius 1 is 1.24 bits per heavy atom. The van der Waals surface area contributed by atoms with E-state index in [-0.39, 0.29) is 0 Å². The van der Waals surface area contributed by atoms with E-state index in [9.17, 15) is 0 Å². The van der Waals surface area contributed by atoms with Crippen LogP contribution in [0.25, 0.3) is 11.2 Å². The molecule has 2 aromatic heterocycles. The van der Waals surface area contributed by atoms with Crippen LogP contribution in [-0.2, 0) is 0 Å². The molecule has 0 bridgehead atoms. The average Bonchev–Trinajstić information content (AvgIpc) is 2.38. The van der Waals surface area contributed by atoms with Crippen molar-refractivity contribution >= 4 is 17.0 Å². The van der Waals surface area contributed by atoms with Gasteiger partial charge in [0.1, 0.15) is 11.3 Å². The third-order valence-corrected chi connectivity index (χ3v) is 2.67. The summed E-state index contributed by atoms with van der Waals surface area (Å²) in [7, 11) is 2.10. The van der Waals surface area contributed by atoms with Gasteiger partial charge in [-0.15, -0.1) is 0 Å². The van der Waals surface area contributed by atoms with Crippen LogP contribution < -0.4 is 5.32 Å². The second-order valence-corrected chi connectivity index (χ2v) is 3.92. The number of fused-ring (bicyclic) bond motifs is 1. The third-order valence-electron chi connectivity index (χ3n) is 2.67. The first-order valence-electron chi connectivity index (χ1n) is 5.80. The number of likely N-dealkylation sites (N-methyl/N-ethyl adjacent to an activating group) is 1. The molecule has 0 aliphatic heterocycles. The minimum Gasteiger partial charge on any atom is -0.369 e. The first-order chi connectivity index (χ1) is 8.29. The average molecular weight is 231 g/mol. The lowest BCUT2D eigenvalue weighted by Gasteiger charge is -2.14. The Balaban J connectivity index is 1.99. The molecule has 17 heavy (non-hydrogen) atoms. The van der Waals surface area contributed by atoms with Gasteiger partial charge in [-0.25, -0.2) is 9.97 Å². The molecule has 2 heterocycles. The molecule has 90 valence electrons. The van der Waals surface area contributed by atoms with E-state index in [1.165, 1.54) is 0 Å². The Morgan fingerprint density at radius 2 is 2.06 bits per heavy atom. The summed E-state index contributed by atoms with van der Waals surface area (Å²) in [6.07, 6.45) is 3.33. The maximum atomic E-state index is 4.39. The Bertz CT molecular complexity index is 485. The van der Waals surface area contributed by atoms with Crippen LogP contribution >= 0.6 is 0 Å². The smallest absolute Gasteiger partial charge is 0.180 e. The standard InChI is InChI=1S/C12H17N5/c1-3-17(2)9-8-14-11-5-4-10-12(16-11)15-7-6-13-10/h4-7H,3,8-9H2,1-2H3,(H,14,15,16). The summed E-state index contributed by atoms with van der Waals surface area (Å²) in [5.74, 6) is 0.850. The largest absolute Gasteiger partial charge is 0.369 e. The summed E-state index contributed by atoms with van der Waals surface area (Å²) < 4.78 is 0. The molecular formula is C12H17N5. The van der Waals surface area contributed by atoms with E-state index in [2.05, 4.69) is 39.1 Å². The molecular weight excluding hydrogens is 214 g/mol. The topological polar surface area (TPSA) is 53.9 Å². The third kappa shape index (κ3) is 3.10. The van der Waals surface area contributed by atoms with Gasteiger partial charge < -0.3 is 10.2 Å². The fourth-order valence-electron chi connectivity index (χ4n) is 1.49. The van der Waals surface area contributed by atoms with Crippen molar-refractivity contribution in [3.63, 3.8) is 0 Å². The highest BCUT2D eigenvalue weighted by Crippen LogP contribution is 2.09. The predicted molar refractivity (Wildman–Crippen MR) is 69.0 cm³/mol. The molecule has 0 saturated carbocycles. The Labute approximate surface area is 101 Å². The van der Waals surface area contributed by atoms with Gasteiger partial charge >= 0.3 is 0 Å². The molecule has 5 heteroatoms. The zero-order chi connectivity index (χ0) is 12.1. The fourth-order valence-corrected chi connectivity index (χ4v) is 1.49. The van der Waals surface area contributed by atoms with E-state index in [0.29, 0.717) is 5.65 Å². The molecule has 0 fully saturated rings. The summed E-state index contributed by atoms with van der Waals surface area (Å²) >= 11 is 0. The number of pyridine rings is 1. The Hall–Kier alpha value is -1.75. The number of hydrogen-bond donors (Lipinski definition) is 1. The summed E-state index contributed by atoms with van der Waals surface area (Å²) in [5.41, 5.74) is 1.50. The fraction of sp³-hybridized carbons (Fsp3) is 0.417. The quantitative estimate of drug-likeness (QED) is 0.842. The van der Waals surface area contributed by atoms with E-state index in [0.717, 1.165) is 31.0 Å². The van der Waals surface area contributed by atoms with Crippen LogP contribution in [0.4, 0.5) is 5.82 Å². The van der Waals surface area contributed by atoms with Crippen molar-refractivity contribution in [2.75, 3.05) is 32.0 Å². The van der Waals surface area contributed by atoms with Crippen LogP contribution in [-0.4, -0.2) is 46.5 Å². The highest BCUT2D eigenvalue weighted by atomic mass is 15.1. The minimum absolute atomic E-state index is 0.682. The molecule has 0 amide bonds. The van der Waals surface area contributed by atoms with Gasteiger partial charge in [0.25, 0.3) is 0 Å². The summed E-state index contributed by atoms with van der Waals surface area (Å²) in [4.78, 5) is 15.0. The summed E-state index contributed by atoms with van der Waals surface area (Å²) in [5, 5.41) is 3.28. The molecule has 0 radical (unpaired) electrons. The number of aromatic nitrogens is 3. The number of rotatable bonds is 5. The first kappa shape index (κ1) is 11.7. The van der Waals surface area contributed by atoms with E-state index >= 15 is 0 Å². The molecule has 0 aliphatic carbocycles. The molecule has 5 nitrogen and oxygen atoms in total. The maximum absolute atomic E-state index is 4.39. The SMILES string of the molecule is CCN(C)CCNc1ccc2nccnc2n1. The molecule has 2 aromatic rings. The second kappa shape index (κ2) is 5.54. The number of nitrogens with one attached hydrogen (secondary N) is 1. The lowest BCUT2D eigenvalue weighted by atomic mass is 10.4. The van der Waals surface area contributed by atoms with Gasteiger partial charge in [0.05, 0.1) is 0 Å². The Morgan fingerprint density at radius 3 is 2.88 bits per heavy atom. The van der Waals surface area contributed by atoms with E-state index in [4.69, 9.17) is 0 Å². The van der Waals surface area contributed by atoms with Crippen molar-refractivity contribution in [2.24, 2.45) is 0 Å². The highest BCUT2D eigenvalue weighted by molar-refractivity contribution is 5.71. The Kier molecular flexibility index (Phi) is 3.82. The van der Waals surface area contributed by atoms with E-state index in [1.54, 1.807) is 12.4 Å². The number of anilines is 1. The predicted octanol–water partition coefficient (Wildman–Crippen LogP) is 1.39. The first-order valence-corrected chi connectivity index (χ1v) is 5.80. The molecule has 0 aromatic carbocycles. The maximum Gasteiger partial charge on any atom is 0.180 e. The minimum atomic E-state index is 0.682. The normalized spacial score (nSPS) is 11.0.